The van der Waals surface area contributed by atoms with E-state index in [0.717, 1.165) is 0 Å². The van der Waals surface area contributed by atoms with E-state index in [2.05, 4.69) is 15.0 Å². The number of amides is 1. The van der Waals surface area contributed by atoms with Gasteiger partial charge in [0, 0.05) is 6.07 Å². The maximum Gasteiger partial charge on any atom is 0.326 e. The molecule has 15 heavy (non-hydrogen) atoms. The lowest BCUT2D eigenvalue weighted by molar-refractivity contribution is -0.139. The Morgan fingerprint density at radius 2 is 2.40 bits per heavy atom. The molecular formula is C9H12N2O4. The van der Waals surface area contributed by atoms with Gasteiger partial charge in [0.1, 0.15) is 12.3 Å². The number of carbonyl (C=O) groups excluding carboxylic acids is 1. The summed E-state index contributed by atoms with van der Waals surface area (Å²) in [5.74, 6) is -1.58. The molecule has 0 fully saturated rings. The van der Waals surface area contributed by atoms with E-state index in [1.807, 2.05) is 6.92 Å². The van der Waals surface area contributed by atoms with Crippen LogP contribution in [0.1, 0.15) is 30.3 Å². The van der Waals surface area contributed by atoms with Crippen molar-refractivity contribution in [3.05, 3.63) is 18.0 Å². The highest BCUT2D eigenvalue weighted by atomic mass is 16.5. The Bertz CT molecular complexity index is 334. The summed E-state index contributed by atoms with van der Waals surface area (Å²) >= 11 is 0. The third-order valence-corrected chi connectivity index (χ3v) is 1.85. The molecule has 0 spiro atoms. The third-order valence-electron chi connectivity index (χ3n) is 1.85. The number of aromatic nitrogens is 1. The standard InChI is InChI=1S/C9H12N2O4/c1-2-3-7(9(13)14)10-8(12)6-4-5-15-11-6/h4-5,7H,2-3H2,1H3,(H,10,12)(H,13,14). The van der Waals surface area contributed by atoms with E-state index in [-0.39, 0.29) is 5.69 Å². The fourth-order valence-electron chi connectivity index (χ4n) is 1.11. The molecule has 6 heteroatoms. The van der Waals surface area contributed by atoms with E-state index >= 15 is 0 Å². The summed E-state index contributed by atoms with van der Waals surface area (Å²) in [6, 6.07) is 0.499. The summed E-state index contributed by atoms with van der Waals surface area (Å²) in [6.07, 6.45) is 2.32. The highest BCUT2D eigenvalue weighted by molar-refractivity contribution is 5.94. The van der Waals surface area contributed by atoms with Gasteiger partial charge in [0.15, 0.2) is 5.69 Å². The van der Waals surface area contributed by atoms with Crippen LogP contribution in [-0.4, -0.2) is 28.2 Å². The topological polar surface area (TPSA) is 92.4 Å². The second-order valence-electron chi connectivity index (χ2n) is 3.04. The molecule has 0 saturated carbocycles. The van der Waals surface area contributed by atoms with Crippen molar-refractivity contribution in [2.24, 2.45) is 0 Å². The molecule has 1 aromatic heterocycles. The molecule has 0 aromatic carbocycles. The Morgan fingerprint density at radius 3 is 2.87 bits per heavy atom. The van der Waals surface area contributed by atoms with Gasteiger partial charge in [-0.2, -0.15) is 0 Å². The predicted molar refractivity (Wildman–Crippen MR) is 50.3 cm³/mol. The van der Waals surface area contributed by atoms with Crippen molar-refractivity contribution in [1.29, 1.82) is 0 Å². The van der Waals surface area contributed by atoms with E-state index < -0.39 is 17.9 Å². The molecule has 1 unspecified atom stereocenters. The molecule has 2 N–H and O–H groups in total. The summed E-state index contributed by atoms with van der Waals surface area (Å²) in [4.78, 5) is 22.1. The van der Waals surface area contributed by atoms with Crippen molar-refractivity contribution in [3.63, 3.8) is 0 Å². The normalized spacial score (nSPS) is 12.1. The van der Waals surface area contributed by atoms with Crippen LogP contribution in [-0.2, 0) is 4.79 Å². The number of nitrogens with one attached hydrogen (secondary N) is 1. The van der Waals surface area contributed by atoms with Gasteiger partial charge in [-0.3, -0.25) is 4.79 Å². The summed E-state index contributed by atoms with van der Waals surface area (Å²) in [7, 11) is 0. The SMILES string of the molecule is CCCC(NC(=O)c1ccon1)C(=O)O. The van der Waals surface area contributed by atoms with E-state index in [1.165, 1.54) is 12.3 Å². The van der Waals surface area contributed by atoms with Crippen molar-refractivity contribution in [3.8, 4) is 0 Å². The van der Waals surface area contributed by atoms with Gasteiger partial charge in [-0.15, -0.1) is 0 Å². The number of hydrogen-bond acceptors (Lipinski definition) is 4. The monoisotopic (exact) mass is 212 g/mol. The minimum Gasteiger partial charge on any atom is -0.480 e. The van der Waals surface area contributed by atoms with Gasteiger partial charge in [-0.25, -0.2) is 4.79 Å². The summed E-state index contributed by atoms with van der Waals surface area (Å²) in [5, 5.41) is 14.6. The first-order valence-electron chi connectivity index (χ1n) is 4.59. The average Bonchev–Trinajstić information content (AvgIpc) is 2.69. The number of hydrogen-bond donors (Lipinski definition) is 2. The Morgan fingerprint density at radius 1 is 1.67 bits per heavy atom. The largest absolute Gasteiger partial charge is 0.480 e. The minimum atomic E-state index is -1.05. The van der Waals surface area contributed by atoms with Crippen molar-refractivity contribution in [1.82, 2.24) is 10.5 Å². The number of rotatable bonds is 5. The quantitative estimate of drug-likeness (QED) is 0.747. The van der Waals surface area contributed by atoms with Crippen molar-refractivity contribution in [2.45, 2.75) is 25.8 Å². The highest BCUT2D eigenvalue weighted by Gasteiger charge is 2.20. The third kappa shape index (κ3) is 3.08. The lowest BCUT2D eigenvalue weighted by atomic mass is 10.1. The number of carboxylic acid groups (broad SMARTS) is 1. The molecule has 6 nitrogen and oxygen atoms in total. The summed E-state index contributed by atoms with van der Waals surface area (Å²) in [6.45, 7) is 1.85. The van der Waals surface area contributed by atoms with Crippen molar-refractivity contribution < 1.29 is 19.2 Å². The first-order valence-corrected chi connectivity index (χ1v) is 4.59. The van der Waals surface area contributed by atoms with Crippen LogP contribution in [0.3, 0.4) is 0 Å². The van der Waals surface area contributed by atoms with E-state index in [4.69, 9.17) is 5.11 Å². The molecule has 0 aliphatic heterocycles. The molecule has 82 valence electrons. The maximum absolute atomic E-state index is 11.4. The van der Waals surface area contributed by atoms with Gasteiger partial charge >= 0.3 is 5.97 Å². The molecule has 1 atom stereocenters. The number of carboxylic acids is 1. The number of carbonyl (C=O) groups is 2. The van der Waals surface area contributed by atoms with Crippen LogP contribution in [0.25, 0.3) is 0 Å². The van der Waals surface area contributed by atoms with Gasteiger partial charge in [0.25, 0.3) is 5.91 Å². The van der Waals surface area contributed by atoms with E-state index in [1.54, 1.807) is 0 Å². The molecule has 0 radical (unpaired) electrons. The first-order chi connectivity index (χ1) is 7.15. The Kier molecular flexibility index (Phi) is 3.84. The lowest BCUT2D eigenvalue weighted by Crippen LogP contribution is -2.40. The van der Waals surface area contributed by atoms with Crippen molar-refractivity contribution >= 4 is 11.9 Å². The maximum atomic E-state index is 11.4. The molecule has 0 aliphatic rings. The minimum absolute atomic E-state index is 0.0809. The number of nitrogens with zero attached hydrogens (tertiary/aromatic N) is 1. The van der Waals surface area contributed by atoms with Gasteiger partial charge in [0.2, 0.25) is 0 Å². The van der Waals surface area contributed by atoms with Gasteiger partial charge in [-0.1, -0.05) is 18.5 Å². The smallest absolute Gasteiger partial charge is 0.326 e. The van der Waals surface area contributed by atoms with E-state index in [9.17, 15) is 9.59 Å². The second-order valence-corrected chi connectivity index (χ2v) is 3.04. The highest BCUT2D eigenvalue weighted by Crippen LogP contribution is 2.00. The van der Waals surface area contributed by atoms with Gasteiger partial charge in [0.05, 0.1) is 0 Å². The molecule has 1 rings (SSSR count). The van der Waals surface area contributed by atoms with Crippen LogP contribution in [0.2, 0.25) is 0 Å². The Hall–Kier alpha value is -1.85. The van der Waals surface area contributed by atoms with Crippen LogP contribution < -0.4 is 5.32 Å². The molecular weight excluding hydrogens is 200 g/mol. The van der Waals surface area contributed by atoms with Crippen LogP contribution >= 0.6 is 0 Å². The fraction of sp³-hybridized carbons (Fsp3) is 0.444. The van der Waals surface area contributed by atoms with E-state index in [0.29, 0.717) is 12.8 Å². The second kappa shape index (κ2) is 5.14. The molecule has 1 aromatic rings. The summed E-state index contributed by atoms with van der Waals surface area (Å²) in [5.41, 5.74) is 0.0809. The zero-order valence-corrected chi connectivity index (χ0v) is 8.27. The zero-order chi connectivity index (χ0) is 11.3. The average molecular weight is 212 g/mol. The fourth-order valence-corrected chi connectivity index (χ4v) is 1.11. The van der Waals surface area contributed by atoms with Crippen LogP contribution in [0, 0.1) is 0 Å². The number of aliphatic carboxylic acids is 1. The Balaban J connectivity index is 2.59. The molecule has 0 aliphatic carbocycles. The Labute approximate surface area is 86.3 Å². The molecule has 1 heterocycles. The summed E-state index contributed by atoms with van der Waals surface area (Å²) < 4.78 is 4.48. The molecule has 0 bridgehead atoms. The van der Waals surface area contributed by atoms with Crippen LogP contribution in [0.4, 0.5) is 0 Å². The zero-order valence-electron chi connectivity index (χ0n) is 8.27. The van der Waals surface area contributed by atoms with Gasteiger partial charge in [-0.05, 0) is 6.42 Å². The molecule has 0 saturated heterocycles. The van der Waals surface area contributed by atoms with Gasteiger partial charge < -0.3 is 14.9 Å². The first kappa shape index (κ1) is 11.2. The predicted octanol–water partition coefficient (Wildman–Crippen LogP) is 0.658. The molecule has 1 amide bonds. The van der Waals surface area contributed by atoms with Crippen LogP contribution in [0.5, 0.6) is 0 Å². The van der Waals surface area contributed by atoms with Crippen molar-refractivity contribution in [2.75, 3.05) is 0 Å². The lowest BCUT2D eigenvalue weighted by Gasteiger charge is -2.11. The van der Waals surface area contributed by atoms with Crippen LogP contribution in [0.15, 0.2) is 16.9 Å².